The Bertz CT molecular complexity index is 1110. The quantitative estimate of drug-likeness (QED) is 0.0262. The average Bonchev–Trinajstić information content (AvgIpc) is 3.28. The molecule has 1 unspecified atom stereocenters. The maximum Gasteiger partial charge on any atom is 0.306 e. The van der Waals surface area contributed by atoms with Crippen LogP contribution in [0, 0.1) is 0 Å². The van der Waals surface area contributed by atoms with E-state index in [0.29, 0.717) is 19.3 Å². The molecule has 63 heavy (non-hydrogen) atoms. The first kappa shape index (κ1) is 60.4. The largest absolute Gasteiger partial charge is 0.462 e. The lowest BCUT2D eigenvalue weighted by Crippen LogP contribution is -2.30. The van der Waals surface area contributed by atoms with Gasteiger partial charge in [0.2, 0.25) is 0 Å². The normalized spacial score (nSPS) is 12.4. The molecule has 6 heteroatoms. The first-order valence-electron chi connectivity index (χ1n) is 27.1. The van der Waals surface area contributed by atoms with Gasteiger partial charge in [0.25, 0.3) is 0 Å². The van der Waals surface area contributed by atoms with E-state index in [4.69, 9.17) is 14.2 Å². The Morgan fingerprint density at radius 2 is 0.571 bits per heavy atom. The van der Waals surface area contributed by atoms with E-state index in [-0.39, 0.29) is 31.1 Å². The highest BCUT2D eigenvalue weighted by molar-refractivity contribution is 5.71. The molecule has 0 saturated heterocycles. The summed E-state index contributed by atoms with van der Waals surface area (Å²) < 4.78 is 16.8. The fourth-order valence-electron chi connectivity index (χ4n) is 7.64. The molecule has 0 spiro atoms. The van der Waals surface area contributed by atoms with Crippen LogP contribution >= 0.6 is 0 Å². The zero-order chi connectivity index (χ0) is 45.8. The summed E-state index contributed by atoms with van der Waals surface area (Å²) >= 11 is 0. The Balaban J connectivity index is 4.39. The maximum atomic E-state index is 12.8. The predicted octanol–water partition coefficient (Wildman–Crippen LogP) is 17.9. The second kappa shape index (κ2) is 52.0. The molecule has 0 aromatic heterocycles. The number of carbonyl (C=O) groups is 3. The van der Waals surface area contributed by atoms with Crippen LogP contribution in [-0.4, -0.2) is 37.2 Å². The van der Waals surface area contributed by atoms with Crippen LogP contribution in [0.15, 0.2) is 48.6 Å². The molecule has 0 aliphatic heterocycles. The highest BCUT2D eigenvalue weighted by Gasteiger charge is 2.19. The lowest BCUT2D eigenvalue weighted by molar-refractivity contribution is -0.167. The zero-order valence-corrected chi connectivity index (χ0v) is 41.8. The summed E-state index contributed by atoms with van der Waals surface area (Å²) in [6, 6.07) is 0. The van der Waals surface area contributed by atoms with Gasteiger partial charge in [-0.1, -0.05) is 204 Å². The molecule has 0 saturated carbocycles. The van der Waals surface area contributed by atoms with Gasteiger partial charge >= 0.3 is 17.9 Å². The smallest absolute Gasteiger partial charge is 0.306 e. The molecular formula is C57H102O6. The van der Waals surface area contributed by atoms with E-state index in [1.165, 1.54) is 148 Å². The Morgan fingerprint density at radius 1 is 0.317 bits per heavy atom. The first-order valence-corrected chi connectivity index (χ1v) is 27.1. The summed E-state index contributed by atoms with van der Waals surface area (Å²) in [5, 5.41) is 0. The lowest BCUT2D eigenvalue weighted by atomic mass is 10.1. The van der Waals surface area contributed by atoms with Crippen molar-refractivity contribution in [3.05, 3.63) is 48.6 Å². The van der Waals surface area contributed by atoms with Gasteiger partial charge in [0, 0.05) is 19.3 Å². The molecule has 366 valence electrons. The lowest BCUT2D eigenvalue weighted by Gasteiger charge is -2.18. The molecule has 0 fully saturated rings. The monoisotopic (exact) mass is 883 g/mol. The van der Waals surface area contributed by atoms with Crippen molar-refractivity contribution < 1.29 is 28.6 Å². The number of rotatable bonds is 49. The molecule has 1 atom stereocenters. The third kappa shape index (κ3) is 50.2. The molecule has 0 radical (unpaired) electrons. The highest BCUT2D eigenvalue weighted by Crippen LogP contribution is 2.14. The zero-order valence-electron chi connectivity index (χ0n) is 41.8. The standard InChI is InChI=1S/C57H102O6/c1-4-7-10-13-16-19-22-25-28-29-30-33-35-38-41-44-47-50-56(59)62-53-54(63-57(60)51-48-45-42-39-36-32-27-24-21-18-15-12-9-6-3)52-61-55(58)49-46-43-40-37-34-31-26-23-20-17-14-11-8-5-2/h16,19,23-28,54H,4-15,17-18,20-22,29-53H2,1-3H3/b19-16-,26-23-,27-24-,28-25-. The molecule has 0 aromatic rings. The van der Waals surface area contributed by atoms with E-state index in [1.807, 2.05) is 0 Å². The summed E-state index contributed by atoms with van der Waals surface area (Å²) in [5.74, 6) is -0.898. The second-order valence-electron chi connectivity index (χ2n) is 18.1. The topological polar surface area (TPSA) is 78.9 Å². The van der Waals surface area contributed by atoms with Gasteiger partial charge in [0.15, 0.2) is 6.10 Å². The first-order chi connectivity index (χ1) is 31.0. The second-order valence-corrected chi connectivity index (χ2v) is 18.1. The predicted molar refractivity (Wildman–Crippen MR) is 270 cm³/mol. The number of unbranched alkanes of at least 4 members (excludes halogenated alkanes) is 30. The van der Waals surface area contributed by atoms with Crippen molar-refractivity contribution in [2.24, 2.45) is 0 Å². The van der Waals surface area contributed by atoms with Crippen LogP contribution in [0.2, 0.25) is 0 Å². The Hall–Kier alpha value is -2.63. The summed E-state index contributed by atoms with van der Waals surface area (Å²) in [7, 11) is 0. The third-order valence-electron chi connectivity index (χ3n) is 11.8. The van der Waals surface area contributed by atoms with Gasteiger partial charge in [0.05, 0.1) is 0 Å². The summed E-state index contributed by atoms with van der Waals surface area (Å²) in [6.45, 7) is 6.59. The molecule has 0 amide bonds. The fourth-order valence-corrected chi connectivity index (χ4v) is 7.64. The highest BCUT2D eigenvalue weighted by atomic mass is 16.6. The molecule has 0 N–H and O–H groups in total. The van der Waals surface area contributed by atoms with Gasteiger partial charge in [0.1, 0.15) is 13.2 Å². The van der Waals surface area contributed by atoms with Crippen LogP contribution in [-0.2, 0) is 28.6 Å². The molecule has 0 aliphatic carbocycles. The van der Waals surface area contributed by atoms with Crippen LogP contribution in [0.1, 0.15) is 278 Å². The van der Waals surface area contributed by atoms with E-state index >= 15 is 0 Å². The van der Waals surface area contributed by atoms with Crippen molar-refractivity contribution in [3.63, 3.8) is 0 Å². The van der Waals surface area contributed by atoms with E-state index in [2.05, 4.69) is 69.4 Å². The number of ether oxygens (including phenoxy) is 3. The van der Waals surface area contributed by atoms with Crippen LogP contribution in [0.4, 0.5) is 0 Å². The number of esters is 3. The summed E-state index contributed by atoms with van der Waals surface area (Å²) in [4.78, 5) is 38.0. The fraction of sp³-hybridized carbons (Fsp3) is 0.807. The van der Waals surface area contributed by atoms with Gasteiger partial charge in [-0.3, -0.25) is 14.4 Å². The molecule has 0 bridgehead atoms. The van der Waals surface area contributed by atoms with Gasteiger partial charge in [-0.2, -0.15) is 0 Å². The van der Waals surface area contributed by atoms with Crippen LogP contribution in [0.25, 0.3) is 0 Å². The molecule has 0 rings (SSSR count). The third-order valence-corrected chi connectivity index (χ3v) is 11.8. The van der Waals surface area contributed by atoms with Crippen LogP contribution in [0.5, 0.6) is 0 Å². The van der Waals surface area contributed by atoms with Crippen molar-refractivity contribution in [1.29, 1.82) is 0 Å². The van der Waals surface area contributed by atoms with Crippen LogP contribution in [0.3, 0.4) is 0 Å². The SMILES string of the molecule is CCCCC/C=C\C/C=C\CCCCCCCCCC(=O)OCC(COC(=O)CCCCCCC/C=C\CCCCCCC)OC(=O)CCCCCCC/C=C\CCCCCCC. The Morgan fingerprint density at radius 3 is 0.921 bits per heavy atom. The van der Waals surface area contributed by atoms with E-state index in [0.717, 1.165) is 89.9 Å². The van der Waals surface area contributed by atoms with E-state index in [9.17, 15) is 14.4 Å². The molecular weight excluding hydrogens is 781 g/mol. The van der Waals surface area contributed by atoms with Crippen LogP contribution < -0.4 is 0 Å². The number of carbonyl (C=O) groups excluding carboxylic acids is 3. The minimum Gasteiger partial charge on any atom is -0.462 e. The Labute approximate surface area is 390 Å². The van der Waals surface area contributed by atoms with Crippen molar-refractivity contribution in [1.82, 2.24) is 0 Å². The van der Waals surface area contributed by atoms with Crippen molar-refractivity contribution in [2.45, 2.75) is 284 Å². The summed E-state index contributed by atoms with van der Waals surface area (Å²) in [5.41, 5.74) is 0. The maximum absolute atomic E-state index is 12.8. The molecule has 0 aliphatic rings. The summed E-state index contributed by atoms with van der Waals surface area (Å²) in [6.07, 6.45) is 62.3. The minimum absolute atomic E-state index is 0.0822. The van der Waals surface area contributed by atoms with Gasteiger partial charge in [-0.15, -0.1) is 0 Å². The van der Waals surface area contributed by atoms with E-state index < -0.39 is 6.10 Å². The average molecular weight is 883 g/mol. The van der Waals surface area contributed by atoms with Crippen molar-refractivity contribution in [2.75, 3.05) is 13.2 Å². The number of hydrogen-bond acceptors (Lipinski definition) is 6. The molecule has 6 nitrogen and oxygen atoms in total. The van der Waals surface area contributed by atoms with Gasteiger partial charge < -0.3 is 14.2 Å². The molecule has 0 aromatic carbocycles. The van der Waals surface area contributed by atoms with Crippen molar-refractivity contribution in [3.8, 4) is 0 Å². The number of allylic oxidation sites excluding steroid dienone is 8. The van der Waals surface area contributed by atoms with E-state index in [1.54, 1.807) is 0 Å². The Kier molecular flexibility index (Phi) is 49.8. The number of hydrogen-bond donors (Lipinski definition) is 0. The minimum atomic E-state index is -0.782. The van der Waals surface area contributed by atoms with Gasteiger partial charge in [-0.25, -0.2) is 0 Å². The van der Waals surface area contributed by atoms with Gasteiger partial charge in [-0.05, 0) is 103 Å². The van der Waals surface area contributed by atoms with Crippen molar-refractivity contribution >= 4 is 17.9 Å². The molecule has 0 heterocycles.